The Morgan fingerprint density at radius 3 is 2.85 bits per heavy atom. The van der Waals surface area contributed by atoms with Crippen molar-refractivity contribution in [2.45, 2.75) is 38.2 Å². The second-order valence-electron chi connectivity index (χ2n) is 7.92. The third-order valence-electron chi connectivity index (χ3n) is 6.06. The third-order valence-corrected chi connectivity index (χ3v) is 6.06. The number of urea groups is 1. The number of aromatic amines is 1. The van der Waals surface area contributed by atoms with Crippen molar-refractivity contribution in [3.63, 3.8) is 0 Å². The Hall–Kier alpha value is -2.27. The molecule has 0 bridgehead atoms. The molecule has 5 nitrogen and oxygen atoms in total. The zero-order valence-electron chi connectivity index (χ0n) is 16.0. The SMILES string of the molecule is C=C(C)C1OCCC1CNC(=O)N1CCC(c2c[nH]c3ccccc23)CC1. The smallest absolute Gasteiger partial charge is 0.317 e. The maximum absolute atomic E-state index is 12.6. The zero-order valence-corrected chi connectivity index (χ0v) is 16.0. The van der Waals surface area contributed by atoms with Crippen LogP contribution in [0, 0.1) is 5.92 Å². The van der Waals surface area contributed by atoms with E-state index in [0.29, 0.717) is 18.4 Å². The highest BCUT2D eigenvalue weighted by atomic mass is 16.5. The van der Waals surface area contributed by atoms with Crippen molar-refractivity contribution in [2.24, 2.45) is 5.92 Å². The molecule has 0 spiro atoms. The maximum Gasteiger partial charge on any atom is 0.317 e. The van der Waals surface area contributed by atoms with Gasteiger partial charge in [-0.3, -0.25) is 0 Å². The number of nitrogens with one attached hydrogen (secondary N) is 2. The molecule has 144 valence electrons. The largest absolute Gasteiger partial charge is 0.374 e. The first-order valence-corrected chi connectivity index (χ1v) is 9.99. The average Bonchev–Trinajstić information content (AvgIpc) is 3.33. The van der Waals surface area contributed by atoms with E-state index < -0.39 is 0 Å². The van der Waals surface area contributed by atoms with E-state index >= 15 is 0 Å². The molecule has 2 aromatic rings. The summed E-state index contributed by atoms with van der Waals surface area (Å²) in [7, 11) is 0. The molecule has 2 aliphatic heterocycles. The Morgan fingerprint density at radius 1 is 1.30 bits per heavy atom. The van der Waals surface area contributed by atoms with Crippen molar-refractivity contribution in [1.82, 2.24) is 15.2 Å². The maximum atomic E-state index is 12.6. The number of ether oxygens (including phenoxy) is 1. The quantitative estimate of drug-likeness (QED) is 0.802. The van der Waals surface area contributed by atoms with Crippen LogP contribution >= 0.6 is 0 Å². The molecule has 27 heavy (non-hydrogen) atoms. The van der Waals surface area contributed by atoms with Gasteiger partial charge in [0.1, 0.15) is 0 Å². The normalized spacial score (nSPS) is 23.7. The van der Waals surface area contributed by atoms with Crippen molar-refractivity contribution < 1.29 is 9.53 Å². The number of benzene rings is 1. The minimum Gasteiger partial charge on any atom is -0.374 e. The summed E-state index contributed by atoms with van der Waals surface area (Å²) < 4.78 is 5.73. The number of amides is 2. The Morgan fingerprint density at radius 2 is 2.07 bits per heavy atom. The van der Waals surface area contributed by atoms with E-state index in [2.05, 4.69) is 47.3 Å². The summed E-state index contributed by atoms with van der Waals surface area (Å²) >= 11 is 0. The van der Waals surface area contributed by atoms with Crippen LogP contribution in [0.25, 0.3) is 10.9 Å². The fourth-order valence-corrected chi connectivity index (χ4v) is 4.54. The lowest BCUT2D eigenvalue weighted by atomic mass is 9.89. The highest BCUT2D eigenvalue weighted by Crippen LogP contribution is 2.33. The molecule has 2 atom stereocenters. The molecule has 5 heteroatoms. The molecule has 2 amide bonds. The first-order valence-electron chi connectivity index (χ1n) is 9.99. The molecule has 1 aromatic carbocycles. The van der Waals surface area contributed by atoms with Gasteiger partial charge in [0.2, 0.25) is 0 Å². The number of hydrogen-bond acceptors (Lipinski definition) is 2. The van der Waals surface area contributed by atoms with E-state index in [4.69, 9.17) is 4.74 Å². The third kappa shape index (κ3) is 3.74. The van der Waals surface area contributed by atoms with Gasteiger partial charge in [0.15, 0.2) is 0 Å². The lowest BCUT2D eigenvalue weighted by Crippen LogP contribution is -2.46. The predicted octanol–water partition coefficient (Wildman–Crippen LogP) is 4.04. The summed E-state index contributed by atoms with van der Waals surface area (Å²) in [6.45, 7) is 9.04. The Kier molecular flexibility index (Phi) is 5.21. The van der Waals surface area contributed by atoms with E-state index in [1.54, 1.807) is 0 Å². The monoisotopic (exact) mass is 367 g/mol. The van der Waals surface area contributed by atoms with Crippen LogP contribution in [0.1, 0.15) is 37.7 Å². The molecule has 2 unspecified atom stereocenters. The first kappa shape index (κ1) is 18.1. The van der Waals surface area contributed by atoms with Gasteiger partial charge in [0.05, 0.1) is 6.10 Å². The van der Waals surface area contributed by atoms with Gasteiger partial charge < -0.3 is 19.9 Å². The second-order valence-corrected chi connectivity index (χ2v) is 7.92. The van der Waals surface area contributed by atoms with Gasteiger partial charge in [-0.15, -0.1) is 0 Å². The van der Waals surface area contributed by atoms with Crippen LogP contribution < -0.4 is 5.32 Å². The first-order chi connectivity index (χ1) is 13.1. The predicted molar refractivity (Wildman–Crippen MR) is 108 cm³/mol. The van der Waals surface area contributed by atoms with Gasteiger partial charge in [0, 0.05) is 49.3 Å². The number of piperidine rings is 1. The minimum absolute atomic E-state index is 0.0553. The highest BCUT2D eigenvalue weighted by molar-refractivity contribution is 5.83. The lowest BCUT2D eigenvalue weighted by molar-refractivity contribution is 0.118. The van der Waals surface area contributed by atoms with Gasteiger partial charge >= 0.3 is 6.03 Å². The average molecular weight is 367 g/mol. The van der Waals surface area contributed by atoms with E-state index in [0.717, 1.165) is 44.5 Å². The highest BCUT2D eigenvalue weighted by Gasteiger charge is 2.30. The number of H-pyrrole nitrogens is 1. The van der Waals surface area contributed by atoms with Crippen molar-refractivity contribution >= 4 is 16.9 Å². The fraction of sp³-hybridized carbons (Fsp3) is 0.500. The van der Waals surface area contributed by atoms with Crippen molar-refractivity contribution in [3.05, 3.63) is 48.2 Å². The summed E-state index contributed by atoms with van der Waals surface area (Å²) in [6, 6.07) is 8.50. The van der Waals surface area contributed by atoms with Gasteiger partial charge in [-0.25, -0.2) is 4.79 Å². The van der Waals surface area contributed by atoms with Crippen LogP contribution in [0.5, 0.6) is 0 Å². The van der Waals surface area contributed by atoms with Crippen LogP contribution in [0.2, 0.25) is 0 Å². The molecular formula is C22H29N3O2. The van der Waals surface area contributed by atoms with Crippen LogP contribution in [0.3, 0.4) is 0 Å². The molecule has 0 radical (unpaired) electrons. The molecule has 2 N–H and O–H groups in total. The molecule has 0 saturated carbocycles. The van der Waals surface area contributed by atoms with Gasteiger partial charge in [-0.05, 0) is 43.7 Å². The standard InChI is InChI=1S/C22H29N3O2/c1-15(2)21-17(9-12-27-21)13-24-22(26)25-10-7-16(8-11-25)19-14-23-20-6-4-3-5-18(19)20/h3-6,14,16-17,21,23H,1,7-13H2,2H3,(H,24,26). The summed E-state index contributed by atoms with van der Waals surface area (Å²) in [6.07, 6.45) is 5.23. The summed E-state index contributed by atoms with van der Waals surface area (Å²) in [4.78, 5) is 17.9. The molecule has 2 aliphatic rings. The minimum atomic E-state index is 0.0553. The number of aromatic nitrogens is 1. The number of nitrogens with zero attached hydrogens (tertiary/aromatic N) is 1. The number of likely N-dealkylation sites (tertiary alicyclic amines) is 1. The van der Waals surface area contributed by atoms with Gasteiger partial charge in [0.25, 0.3) is 0 Å². The molecule has 2 fully saturated rings. The fourth-order valence-electron chi connectivity index (χ4n) is 4.54. The van der Waals surface area contributed by atoms with E-state index in [9.17, 15) is 4.79 Å². The van der Waals surface area contributed by atoms with Crippen molar-refractivity contribution in [3.8, 4) is 0 Å². The number of para-hydroxylation sites is 1. The molecule has 1 aromatic heterocycles. The number of rotatable bonds is 4. The number of carbonyl (C=O) groups is 1. The van der Waals surface area contributed by atoms with Crippen LogP contribution in [-0.2, 0) is 4.74 Å². The number of fused-ring (bicyclic) bond motifs is 1. The number of hydrogen-bond donors (Lipinski definition) is 2. The Balaban J connectivity index is 1.30. The van der Waals surface area contributed by atoms with E-state index in [1.165, 1.54) is 16.5 Å². The van der Waals surface area contributed by atoms with Crippen molar-refractivity contribution in [2.75, 3.05) is 26.2 Å². The molecule has 3 heterocycles. The van der Waals surface area contributed by atoms with Crippen molar-refractivity contribution in [1.29, 1.82) is 0 Å². The Labute approximate surface area is 160 Å². The molecule has 0 aliphatic carbocycles. The summed E-state index contributed by atoms with van der Waals surface area (Å²) in [5, 5.41) is 4.43. The molecule has 4 rings (SSSR count). The van der Waals surface area contributed by atoms with Crippen LogP contribution in [-0.4, -0.2) is 48.3 Å². The Bertz CT molecular complexity index is 820. The molecular weight excluding hydrogens is 338 g/mol. The van der Waals surface area contributed by atoms with Gasteiger partial charge in [-0.1, -0.05) is 30.4 Å². The lowest BCUT2D eigenvalue weighted by Gasteiger charge is -2.32. The van der Waals surface area contributed by atoms with Crippen LogP contribution in [0.4, 0.5) is 4.79 Å². The van der Waals surface area contributed by atoms with E-state index in [-0.39, 0.29) is 12.1 Å². The van der Waals surface area contributed by atoms with Crippen LogP contribution in [0.15, 0.2) is 42.6 Å². The van der Waals surface area contributed by atoms with E-state index in [1.807, 2.05) is 11.8 Å². The number of carbonyl (C=O) groups excluding carboxylic acids is 1. The second kappa shape index (κ2) is 7.77. The van der Waals surface area contributed by atoms with Gasteiger partial charge in [-0.2, -0.15) is 0 Å². The summed E-state index contributed by atoms with van der Waals surface area (Å²) in [5.41, 5.74) is 3.63. The topological polar surface area (TPSA) is 57.4 Å². The summed E-state index contributed by atoms with van der Waals surface area (Å²) in [5.74, 6) is 0.858. The molecule has 2 saturated heterocycles. The zero-order chi connectivity index (χ0) is 18.8.